The van der Waals surface area contributed by atoms with Crippen molar-refractivity contribution < 1.29 is 26.3 Å². The first-order chi connectivity index (χ1) is 18.6. The van der Waals surface area contributed by atoms with E-state index in [1.807, 2.05) is 30.3 Å². The number of Topliss-reactive ketones (excluding diaryl/α,β-unsaturated/α-hetero) is 1. The number of imidazole rings is 1. The Kier molecular flexibility index (Phi) is 7.99. The van der Waals surface area contributed by atoms with Crippen LogP contribution in [0.2, 0.25) is 0 Å². The topological polar surface area (TPSA) is 30.8 Å². The minimum atomic E-state index is 0. The summed E-state index contributed by atoms with van der Waals surface area (Å²) in [5.41, 5.74) is 8.26. The fourth-order valence-electron chi connectivity index (χ4n) is 5.69. The summed E-state index contributed by atoms with van der Waals surface area (Å²) in [6, 6.07) is 31.5. The van der Waals surface area contributed by atoms with Gasteiger partial charge in [-0.05, 0) is 68.5 Å². The molecule has 2 aromatic heterocycles. The quantitative estimate of drug-likeness (QED) is 0.142. The largest absolute Gasteiger partial charge is 1.00 e. The molecule has 0 atom stereocenters. The maximum atomic E-state index is 13.0. The van der Waals surface area contributed by atoms with E-state index in [-0.39, 0.29) is 22.8 Å². The molecule has 0 aliphatic heterocycles. The van der Waals surface area contributed by atoms with E-state index in [4.69, 9.17) is 0 Å². The van der Waals surface area contributed by atoms with Crippen LogP contribution in [-0.2, 0) is 19.6 Å². The highest BCUT2D eigenvalue weighted by Gasteiger charge is 2.20. The summed E-state index contributed by atoms with van der Waals surface area (Å²) in [4.78, 5) is 13.0. The average Bonchev–Trinajstić information content (AvgIpc) is 3.44. The highest BCUT2D eigenvalue weighted by Crippen LogP contribution is 2.29. The van der Waals surface area contributed by atoms with Crippen LogP contribution in [0.25, 0.3) is 32.8 Å². The summed E-state index contributed by atoms with van der Waals surface area (Å²) in [7, 11) is 0. The number of rotatable bonds is 9. The number of hydrogen-bond acceptors (Lipinski definition) is 1. The SMILES string of the molecule is Cc1cc2c(cc1C)[n+](CC(=O)c1ccccc1)cn2CCCCCn1c2ccccc2c2ccccc21.[Br-]. The number of benzene rings is 4. The molecule has 0 aliphatic rings. The van der Waals surface area contributed by atoms with Crippen LogP contribution in [0, 0.1) is 13.8 Å². The molecule has 0 spiro atoms. The molecule has 4 nitrogen and oxygen atoms in total. The van der Waals surface area contributed by atoms with Gasteiger partial charge in [-0.15, -0.1) is 0 Å². The molecule has 6 aromatic rings. The number of hydrogen-bond donors (Lipinski definition) is 0. The Morgan fingerprint density at radius 1 is 0.692 bits per heavy atom. The second-order valence-electron chi connectivity index (χ2n) is 10.4. The first-order valence-electron chi connectivity index (χ1n) is 13.6. The van der Waals surface area contributed by atoms with Crippen LogP contribution in [0.1, 0.15) is 40.7 Å². The molecular weight excluding hydrogens is 546 g/mol. The molecule has 0 N–H and O–H groups in total. The minimum absolute atomic E-state index is 0. The lowest BCUT2D eigenvalue weighted by atomic mass is 10.1. The summed E-state index contributed by atoms with van der Waals surface area (Å²) in [5.74, 6) is 0.138. The van der Waals surface area contributed by atoms with E-state index in [0.29, 0.717) is 6.54 Å². The van der Waals surface area contributed by atoms with Crippen molar-refractivity contribution in [3.63, 3.8) is 0 Å². The van der Waals surface area contributed by atoms with Crippen molar-refractivity contribution in [2.24, 2.45) is 0 Å². The van der Waals surface area contributed by atoms with Crippen LogP contribution in [0.3, 0.4) is 0 Å². The van der Waals surface area contributed by atoms with Crippen molar-refractivity contribution >= 4 is 38.6 Å². The molecule has 4 aromatic carbocycles. The van der Waals surface area contributed by atoms with Gasteiger partial charge in [0, 0.05) is 33.9 Å². The van der Waals surface area contributed by atoms with Gasteiger partial charge in [0.05, 0.1) is 6.54 Å². The normalized spacial score (nSPS) is 11.3. The number of ketones is 1. The molecule has 2 heterocycles. The summed E-state index contributed by atoms with van der Waals surface area (Å²) < 4.78 is 6.93. The lowest BCUT2D eigenvalue weighted by Crippen LogP contribution is -3.00. The zero-order valence-electron chi connectivity index (χ0n) is 22.6. The van der Waals surface area contributed by atoms with Crippen LogP contribution in [0.4, 0.5) is 0 Å². The van der Waals surface area contributed by atoms with Gasteiger partial charge in [0.1, 0.15) is 0 Å². The minimum Gasteiger partial charge on any atom is -1.00 e. The molecular formula is C34H34BrN3O. The van der Waals surface area contributed by atoms with Gasteiger partial charge in [-0.25, -0.2) is 9.13 Å². The van der Waals surface area contributed by atoms with Crippen LogP contribution >= 0.6 is 0 Å². The number of carbonyl (C=O) groups is 1. The van der Waals surface area contributed by atoms with E-state index in [0.717, 1.165) is 43.4 Å². The van der Waals surface area contributed by atoms with E-state index in [2.05, 4.69) is 94.5 Å². The third-order valence-electron chi connectivity index (χ3n) is 7.86. The highest BCUT2D eigenvalue weighted by atomic mass is 79.9. The van der Waals surface area contributed by atoms with Crippen molar-refractivity contribution in [3.05, 3.63) is 114 Å². The standard InChI is InChI=1S/C34H34N3O.BrH/c1-25-21-32-33(22-26(25)2)36(23-34(38)27-13-5-3-6-14-27)24-35(32)19-11-4-12-20-37-30-17-9-7-15-28(30)29-16-8-10-18-31(29)37;/h3,5-10,13-18,21-22,24H,4,11-12,19-20,23H2,1-2H3;1H/q+1;/p-1. The lowest BCUT2D eigenvalue weighted by Gasteiger charge is -2.07. The molecule has 198 valence electrons. The maximum Gasteiger partial charge on any atom is 0.245 e. The zero-order chi connectivity index (χ0) is 26.1. The molecule has 0 unspecified atom stereocenters. The van der Waals surface area contributed by atoms with Gasteiger partial charge in [-0.1, -0.05) is 66.7 Å². The zero-order valence-corrected chi connectivity index (χ0v) is 24.2. The molecule has 0 radical (unpaired) electrons. The molecule has 5 heteroatoms. The number of fused-ring (bicyclic) bond motifs is 4. The molecule has 0 fully saturated rings. The van der Waals surface area contributed by atoms with E-state index in [1.165, 1.54) is 38.4 Å². The molecule has 39 heavy (non-hydrogen) atoms. The Bertz CT molecular complexity index is 1710. The smallest absolute Gasteiger partial charge is 0.245 e. The second kappa shape index (κ2) is 11.6. The Balaban J connectivity index is 0.00000308. The molecule has 6 rings (SSSR count). The van der Waals surface area contributed by atoms with Crippen molar-refractivity contribution in [2.75, 3.05) is 0 Å². The predicted molar refractivity (Wildman–Crippen MR) is 156 cm³/mol. The van der Waals surface area contributed by atoms with E-state index in [9.17, 15) is 4.79 Å². The monoisotopic (exact) mass is 579 g/mol. The summed E-state index contributed by atoms with van der Waals surface area (Å²) in [6.07, 6.45) is 5.51. The number of carbonyl (C=O) groups excluding carboxylic acids is 1. The summed E-state index contributed by atoms with van der Waals surface area (Å²) in [5, 5.41) is 2.67. The van der Waals surface area contributed by atoms with E-state index < -0.39 is 0 Å². The van der Waals surface area contributed by atoms with Gasteiger partial charge in [-0.2, -0.15) is 0 Å². The van der Waals surface area contributed by atoms with Gasteiger partial charge >= 0.3 is 0 Å². The first-order valence-corrected chi connectivity index (χ1v) is 13.6. The number of aryl methyl sites for hydroxylation is 4. The lowest BCUT2D eigenvalue weighted by molar-refractivity contribution is -0.658. The Hall–Kier alpha value is -3.70. The Morgan fingerprint density at radius 3 is 1.97 bits per heavy atom. The maximum absolute atomic E-state index is 13.0. The number of para-hydroxylation sites is 2. The fraction of sp³-hybridized carbons (Fsp3) is 0.235. The van der Waals surface area contributed by atoms with Gasteiger partial charge in [0.15, 0.2) is 17.6 Å². The highest BCUT2D eigenvalue weighted by molar-refractivity contribution is 6.07. The molecule has 0 saturated heterocycles. The van der Waals surface area contributed by atoms with Crippen molar-refractivity contribution in [3.8, 4) is 0 Å². The predicted octanol–water partition coefficient (Wildman–Crippen LogP) is 4.41. The van der Waals surface area contributed by atoms with E-state index in [1.54, 1.807) is 0 Å². The fourth-order valence-corrected chi connectivity index (χ4v) is 5.69. The van der Waals surface area contributed by atoms with Gasteiger partial charge in [0.25, 0.3) is 0 Å². The third kappa shape index (κ3) is 5.28. The number of nitrogens with zero attached hydrogens (tertiary/aromatic N) is 3. The van der Waals surface area contributed by atoms with E-state index >= 15 is 0 Å². The van der Waals surface area contributed by atoms with Crippen LogP contribution in [0.15, 0.2) is 97.3 Å². The first kappa shape index (κ1) is 26.9. The van der Waals surface area contributed by atoms with Gasteiger partial charge < -0.3 is 21.5 Å². The number of unbranched alkanes of at least 4 members (excludes halogenated alkanes) is 2. The molecule has 0 saturated carbocycles. The van der Waals surface area contributed by atoms with Crippen LogP contribution < -0.4 is 21.5 Å². The van der Waals surface area contributed by atoms with Crippen molar-refractivity contribution in [2.45, 2.75) is 52.7 Å². The van der Waals surface area contributed by atoms with Crippen molar-refractivity contribution in [1.29, 1.82) is 0 Å². The average molecular weight is 581 g/mol. The molecule has 0 bridgehead atoms. The number of aromatic nitrogens is 3. The van der Waals surface area contributed by atoms with Crippen LogP contribution in [-0.4, -0.2) is 14.9 Å². The van der Waals surface area contributed by atoms with Crippen LogP contribution in [0.5, 0.6) is 0 Å². The molecule has 0 amide bonds. The Morgan fingerprint density at radius 2 is 1.28 bits per heavy atom. The third-order valence-corrected chi connectivity index (χ3v) is 7.86. The number of halogens is 1. The second-order valence-corrected chi connectivity index (χ2v) is 10.4. The summed E-state index contributed by atoms with van der Waals surface area (Å²) in [6.45, 7) is 6.62. The Labute approximate surface area is 240 Å². The van der Waals surface area contributed by atoms with Crippen molar-refractivity contribution in [1.82, 2.24) is 9.13 Å². The summed E-state index contributed by atoms with van der Waals surface area (Å²) >= 11 is 0. The molecule has 0 aliphatic carbocycles. The van der Waals surface area contributed by atoms with Gasteiger partial charge in [0.2, 0.25) is 12.1 Å². The van der Waals surface area contributed by atoms with Gasteiger partial charge in [-0.3, -0.25) is 4.79 Å².